The van der Waals surface area contributed by atoms with E-state index < -0.39 is 72.2 Å². The molecule has 1 aromatic heterocycles. The molecule has 0 aliphatic rings. The summed E-state index contributed by atoms with van der Waals surface area (Å²) >= 11 is 1.50. The first-order valence-electron chi connectivity index (χ1n) is 18.8. The fourth-order valence-electron chi connectivity index (χ4n) is 6.02. The number of primary amides is 1. The quantitative estimate of drug-likeness (QED) is 0.0320. The van der Waals surface area contributed by atoms with Gasteiger partial charge in [-0.05, 0) is 60.8 Å². The molecule has 18 heteroatoms. The Bertz CT molecular complexity index is 1830. The lowest BCUT2D eigenvalue weighted by Crippen LogP contribution is -2.58. The average Bonchev–Trinajstić information content (AvgIpc) is 3.58. The molecule has 0 unspecified atom stereocenters. The summed E-state index contributed by atoms with van der Waals surface area (Å²) in [5.41, 5.74) is 24.8. The molecule has 0 saturated carbocycles. The van der Waals surface area contributed by atoms with Gasteiger partial charge in [0.25, 0.3) is 0 Å². The maximum Gasteiger partial charge on any atom is 0.243 e. The number of aromatic nitrogens is 1. The van der Waals surface area contributed by atoms with Gasteiger partial charge in [0, 0.05) is 36.5 Å². The normalized spacial score (nSPS) is 13.7. The molecule has 14 N–H and O–H groups in total. The van der Waals surface area contributed by atoms with Crippen LogP contribution in [0, 0.1) is 5.92 Å². The van der Waals surface area contributed by atoms with Crippen LogP contribution in [0.4, 0.5) is 0 Å². The second kappa shape index (κ2) is 23.4. The number of nitrogens with one attached hydrogen (secondary N) is 6. The Morgan fingerprint density at radius 3 is 2.05 bits per heavy atom. The fraction of sp³-hybridized carbons (Fsp3) is 0.462. The number of rotatable bonds is 24. The molecule has 0 bridgehead atoms. The number of nitrogens with two attached hydrogens (primary N) is 4. The summed E-state index contributed by atoms with van der Waals surface area (Å²) in [6, 6.07) is 11.3. The number of aliphatic imine (C=N–C) groups is 1. The predicted octanol–water partition coefficient (Wildman–Crippen LogP) is -0.326. The number of nitrogens with zero attached hydrogens (tertiary/aromatic N) is 1. The third-order valence-corrected chi connectivity index (χ3v) is 9.65. The van der Waals surface area contributed by atoms with Crippen molar-refractivity contribution in [2.24, 2.45) is 33.8 Å². The van der Waals surface area contributed by atoms with Crippen LogP contribution >= 0.6 is 11.8 Å². The number of para-hydroxylation sites is 1. The molecule has 0 spiro atoms. The molecule has 5 atom stereocenters. The van der Waals surface area contributed by atoms with Gasteiger partial charge in [-0.25, -0.2) is 0 Å². The first-order chi connectivity index (χ1) is 27.2. The topological polar surface area (TPSA) is 295 Å². The summed E-state index contributed by atoms with van der Waals surface area (Å²) in [5, 5.41) is 14.3. The van der Waals surface area contributed by atoms with Crippen molar-refractivity contribution in [3.63, 3.8) is 0 Å². The monoisotopic (exact) mass is 807 g/mol. The van der Waals surface area contributed by atoms with E-state index in [1.807, 2.05) is 50.4 Å². The Labute approximate surface area is 337 Å². The van der Waals surface area contributed by atoms with Gasteiger partial charge in [0.2, 0.25) is 35.4 Å². The van der Waals surface area contributed by atoms with Crippen LogP contribution in [-0.2, 0) is 41.6 Å². The lowest BCUT2D eigenvalue weighted by molar-refractivity contribution is -0.133. The van der Waals surface area contributed by atoms with Gasteiger partial charge in [0.15, 0.2) is 5.96 Å². The first-order valence-corrected chi connectivity index (χ1v) is 20.2. The minimum Gasteiger partial charge on any atom is -0.370 e. The van der Waals surface area contributed by atoms with Crippen molar-refractivity contribution in [2.45, 2.75) is 82.6 Å². The van der Waals surface area contributed by atoms with Gasteiger partial charge in [-0.15, -0.1) is 0 Å². The first kappa shape index (κ1) is 45.8. The lowest BCUT2D eigenvalue weighted by Gasteiger charge is -2.25. The number of carbonyl (C=O) groups is 6. The number of fused-ring (bicyclic) bond motifs is 1. The summed E-state index contributed by atoms with van der Waals surface area (Å²) in [7, 11) is 0. The SMILES string of the molecule is CSCC[C@H](NC(=O)[C@H](CC(C)C)NC(=O)CNC(=O)[C@H](Cc1ccccc1)NC(=O)[C@H](Cc1c[nH]c2ccccc12)NC(=O)[C@@H](N)CCCN=C(N)N)C(N)=O. The zero-order valence-electron chi connectivity index (χ0n) is 32.7. The molecule has 17 nitrogen and oxygen atoms in total. The van der Waals surface area contributed by atoms with Crippen LogP contribution in [0.25, 0.3) is 10.9 Å². The highest BCUT2D eigenvalue weighted by atomic mass is 32.2. The number of aromatic amines is 1. The molecule has 57 heavy (non-hydrogen) atoms. The van der Waals surface area contributed by atoms with E-state index in [1.54, 1.807) is 30.5 Å². The number of thioether (sulfide) groups is 1. The second-order valence-corrected chi connectivity index (χ2v) is 15.1. The zero-order chi connectivity index (χ0) is 41.9. The van der Waals surface area contributed by atoms with Crippen LogP contribution < -0.4 is 49.5 Å². The van der Waals surface area contributed by atoms with E-state index in [0.29, 0.717) is 18.6 Å². The molecular weight excluding hydrogens is 751 g/mol. The van der Waals surface area contributed by atoms with Gasteiger partial charge in [-0.3, -0.25) is 33.8 Å². The van der Waals surface area contributed by atoms with E-state index in [9.17, 15) is 28.8 Å². The van der Waals surface area contributed by atoms with E-state index in [1.165, 1.54) is 11.8 Å². The number of amides is 6. The van der Waals surface area contributed by atoms with Crippen LogP contribution in [0.1, 0.15) is 50.7 Å². The van der Waals surface area contributed by atoms with Crippen molar-refractivity contribution in [3.8, 4) is 0 Å². The number of hydrogen-bond donors (Lipinski definition) is 10. The summed E-state index contributed by atoms with van der Waals surface area (Å²) in [5.74, 6) is -3.31. The Morgan fingerprint density at radius 2 is 1.39 bits per heavy atom. The van der Waals surface area contributed by atoms with Crippen molar-refractivity contribution in [2.75, 3.05) is 25.1 Å². The summed E-state index contributed by atoms with van der Waals surface area (Å²) in [4.78, 5) is 86.6. The average molecular weight is 808 g/mol. The Balaban J connectivity index is 1.79. The number of guanidine groups is 1. The van der Waals surface area contributed by atoms with Crippen LogP contribution in [-0.4, -0.2) is 102 Å². The van der Waals surface area contributed by atoms with Crippen molar-refractivity contribution >= 4 is 64.1 Å². The number of benzene rings is 2. The predicted molar refractivity (Wildman–Crippen MR) is 222 cm³/mol. The van der Waals surface area contributed by atoms with Gasteiger partial charge in [-0.2, -0.15) is 11.8 Å². The van der Waals surface area contributed by atoms with Crippen LogP contribution in [0.15, 0.2) is 65.8 Å². The Kier molecular flexibility index (Phi) is 18.8. The van der Waals surface area contributed by atoms with Gasteiger partial charge < -0.3 is 54.5 Å². The van der Waals surface area contributed by atoms with E-state index in [4.69, 9.17) is 22.9 Å². The molecule has 0 aliphatic heterocycles. The third kappa shape index (κ3) is 15.8. The van der Waals surface area contributed by atoms with Gasteiger partial charge in [0.05, 0.1) is 12.6 Å². The maximum atomic E-state index is 14.1. The molecule has 0 saturated heterocycles. The number of carbonyl (C=O) groups excluding carboxylic acids is 6. The molecule has 1 heterocycles. The van der Waals surface area contributed by atoms with Gasteiger partial charge >= 0.3 is 0 Å². The van der Waals surface area contributed by atoms with Gasteiger partial charge in [-0.1, -0.05) is 62.4 Å². The molecule has 6 amide bonds. The summed E-state index contributed by atoms with van der Waals surface area (Å²) < 4.78 is 0. The molecular formula is C39H57N11O6S. The third-order valence-electron chi connectivity index (χ3n) is 9.00. The highest BCUT2D eigenvalue weighted by Gasteiger charge is 2.31. The standard InChI is InChI=1S/C39H57N11O6S/c1-23(2)18-30(37(55)48-29(34(41)52)15-17-57-3)47-33(51)22-46-36(54)31(19-24-10-5-4-6-11-24)50-38(56)32(20-25-21-45-28-14-8-7-12-26(25)28)49-35(53)27(40)13-9-16-44-39(42)43/h4-8,10-12,14,21,23,27,29-32,45H,9,13,15-20,22,40H2,1-3H3,(H2,41,52)(H,46,54)(H,47,51)(H,48,55)(H,49,53)(H,50,56)(H4,42,43,44)/t27-,29-,30-,31-,32-/m0/s1. The van der Waals surface area contributed by atoms with E-state index in [0.717, 1.165) is 22.0 Å². The molecule has 0 aliphatic carbocycles. The van der Waals surface area contributed by atoms with Crippen molar-refractivity contribution < 1.29 is 28.8 Å². The molecule has 310 valence electrons. The van der Waals surface area contributed by atoms with E-state index in [2.05, 4.69) is 36.6 Å². The highest BCUT2D eigenvalue weighted by Crippen LogP contribution is 2.19. The molecule has 3 aromatic rings. The van der Waals surface area contributed by atoms with E-state index in [-0.39, 0.29) is 44.1 Å². The second-order valence-electron chi connectivity index (χ2n) is 14.1. The lowest BCUT2D eigenvalue weighted by atomic mass is 10.0. The molecule has 0 fully saturated rings. The number of H-pyrrole nitrogens is 1. The highest BCUT2D eigenvalue weighted by molar-refractivity contribution is 7.98. The van der Waals surface area contributed by atoms with Crippen LogP contribution in [0.3, 0.4) is 0 Å². The fourth-order valence-corrected chi connectivity index (χ4v) is 6.49. The zero-order valence-corrected chi connectivity index (χ0v) is 33.5. The summed E-state index contributed by atoms with van der Waals surface area (Å²) in [6.07, 6.45) is 5.00. The van der Waals surface area contributed by atoms with Crippen LogP contribution in [0.2, 0.25) is 0 Å². The molecule has 0 radical (unpaired) electrons. The number of hydrogen-bond acceptors (Lipinski definition) is 9. The minimum absolute atomic E-state index is 0.00346. The van der Waals surface area contributed by atoms with Crippen molar-refractivity contribution in [1.82, 2.24) is 31.6 Å². The van der Waals surface area contributed by atoms with Crippen molar-refractivity contribution in [3.05, 3.63) is 71.9 Å². The van der Waals surface area contributed by atoms with Crippen molar-refractivity contribution in [1.29, 1.82) is 0 Å². The molecule has 2 aromatic carbocycles. The molecule has 3 rings (SSSR count). The Hall–Kier alpha value is -5.62. The maximum absolute atomic E-state index is 14.1. The summed E-state index contributed by atoms with van der Waals surface area (Å²) in [6.45, 7) is 3.51. The minimum atomic E-state index is -1.18. The van der Waals surface area contributed by atoms with Gasteiger partial charge in [0.1, 0.15) is 24.2 Å². The largest absolute Gasteiger partial charge is 0.370 e. The van der Waals surface area contributed by atoms with E-state index >= 15 is 0 Å². The Morgan fingerprint density at radius 1 is 0.754 bits per heavy atom. The smallest absolute Gasteiger partial charge is 0.243 e. The van der Waals surface area contributed by atoms with Crippen LogP contribution in [0.5, 0.6) is 0 Å².